The molecule has 0 bridgehead atoms. The Labute approximate surface area is 158 Å². The first-order valence-electron chi connectivity index (χ1n) is 9.46. The van der Waals surface area contributed by atoms with E-state index in [1.54, 1.807) is 24.3 Å². The number of rotatable bonds is 5. The second kappa shape index (κ2) is 8.79. The zero-order chi connectivity index (χ0) is 19.2. The third-order valence-corrected chi connectivity index (χ3v) is 5.06. The number of nitrogens with zero attached hydrogens (tertiary/aromatic N) is 2. The van der Waals surface area contributed by atoms with Crippen LogP contribution in [0.1, 0.15) is 45.4 Å². The summed E-state index contributed by atoms with van der Waals surface area (Å²) in [5, 5.41) is 8.29. The lowest BCUT2D eigenvalue weighted by molar-refractivity contribution is -0.142. The fraction of sp³-hybridized carbons (Fsp3) is 0.500. The summed E-state index contributed by atoms with van der Waals surface area (Å²) in [7, 11) is 0. The molecule has 2 amide bonds. The molecule has 1 fully saturated rings. The molecular weight excluding hydrogens is 346 g/mol. The maximum Gasteiger partial charge on any atom is 0.355 e. The molecule has 1 heterocycles. The van der Waals surface area contributed by atoms with Crippen LogP contribution in [-0.4, -0.2) is 36.1 Å². The molecule has 1 saturated carbocycles. The van der Waals surface area contributed by atoms with E-state index in [9.17, 15) is 14.4 Å². The molecule has 2 unspecified atom stereocenters. The van der Waals surface area contributed by atoms with Gasteiger partial charge in [-0.05, 0) is 30.9 Å². The normalized spacial score (nSPS) is 22.8. The largest absolute Gasteiger partial charge is 0.451 e. The first-order chi connectivity index (χ1) is 13.0. The molecule has 7 heteroatoms. The minimum Gasteiger partial charge on any atom is -0.451 e. The van der Waals surface area contributed by atoms with Gasteiger partial charge in [-0.3, -0.25) is 9.59 Å². The smallest absolute Gasteiger partial charge is 0.355 e. The van der Waals surface area contributed by atoms with E-state index in [0.29, 0.717) is 11.6 Å². The van der Waals surface area contributed by atoms with Gasteiger partial charge >= 0.3 is 5.97 Å². The van der Waals surface area contributed by atoms with Gasteiger partial charge in [-0.1, -0.05) is 38.0 Å². The number of hydrogen-bond donors (Lipinski definition) is 1. The summed E-state index contributed by atoms with van der Waals surface area (Å²) in [4.78, 5) is 36.4. The highest BCUT2D eigenvalue weighted by atomic mass is 16.5. The number of anilines is 1. The number of esters is 1. The molecule has 27 heavy (non-hydrogen) atoms. The predicted molar refractivity (Wildman–Crippen MR) is 101 cm³/mol. The highest BCUT2D eigenvalue weighted by Crippen LogP contribution is 2.23. The predicted octanol–water partition coefficient (Wildman–Crippen LogP) is 2.41. The van der Waals surface area contributed by atoms with Gasteiger partial charge in [0.15, 0.2) is 6.61 Å². The lowest BCUT2D eigenvalue weighted by atomic mass is 9.86. The van der Waals surface area contributed by atoms with Crippen molar-refractivity contribution in [2.45, 2.75) is 51.5 Å². The van der Waals surface area contributed by atoms with Crippen molar-refractivity contribution in [2.75, 3.05) is 11.6 Å². The first-order valence-corrected chi connectivity index (χ1v) is 9.46. The lowest BCUT2D eigenvalue weighted by Gasteiger charge is -2.29. The second-order valence-electron chi connectivity index (χ2n) is 7.10. The Morgan fingerprint density at radius 1 is 1.19 bits per heavy atom. The lowest BCUT2D eigenvalue weighted by Crippen LogP contribution is -2.43. The van der Waals surface area contributed by atoms with Gasteiger partial charge in [-0.25, -0.2) is 9.80 Å². The quantitative estimate of drug-likeness (QED) is 0.805. The maximum absolute atomic E-state index is 12.3. The fourth-order valence-corrected chi connectivity index (χ4v) is 3.47. The van der Waals surface area contributed by atoms with E-state index in [1.165, 1.54) is 11.4 Å². The molecule has 2 atom stereocenters. The van der Waals surface area contributed by atoms with E-state index in [0.717, 1.165) is 19.3 Å². The summed E-state index contributed by atoms with van der Waals surface area (Å²) in [6.07, 6.45) is 4.75. The van der Waals surface area contributed by atoms with Crippen LogP contribution in [0.5, 0.6) is 0 Å². The van der Waals surface area contributed by atoms with E-state index >= 15 is 0 Å². The Morgan fingerprint density at radius 2 is 1.93 bits per heavy atom. The number of hydrogen-bond acceptors (Lipinski definition) is 5. The van der Waals surface area contributed by atoms with E-state index < -0.39 is 5.97 Å². The number of benzene rings is 1. The highest BCUT2D eigenvalue weighted by Gasteiger charge is 2.27. The van der Waals surface area contributed by atoms with Crippen LogP contribution in [0.25, 0.3) is 0 Å². The van der Waals surface area contributed by atoms with Gasteiger partial charge in [0.2, 0.25) is 5.91 Å². The van der Waals surface area contributed by atoms with Crippen LogP contribution < -0.4 is 10.3 Å². The van der Waals surface area contributed by atoms with E-state index in [-0.39, 0.29) is 43.0 Å². The van der Waals surface area contributed by atoms with Crippen molar-refractivity contribution in [3.8, 4) is 0 Å². The zero-order valence-electron chi connectivity index (χ0n) is 15.5. The summed E-state index contributed by atoms with van der Waals surface area (Å²) in [6.45, 7) is 1.79. The summed E-state index contributed by atoms with van der Waals surface area (Å²) in [6, 6.07) is 9.05. The maximum atomic E-state index is 12.3. The molecule has 0 aromatic heterocycles. The van der Waals surface area contributed by atoms with Crippen molar-refractivity contribution < 1.29 is 19.1 Å². The van der Waals surface area contributed by atoms with Crippen LogP contribution in [-0.2, 0) is 19.1 Å². The van der Waals surface area contributed by atoms with Gasteiger partial charge in [-0.2, -0.15) is 5.10 Å². The number of carbonyl (C=O) groups excluding carboxylic acids is 3. The van der Waals surface area contributed by atoms with Crippen LogP contribution in [0.4, 0.5) is 5.69 Å². The zero-order valence-corrected chi connectivity index (χ0v) is 15.5. The molecule has 1 aliphatic heterocycles. The molecule has 7 nitrogen and oxygen atoms in total. The molecule has 1 aromatic rings. The minimum atomic E-state index is -0.657. The number of carbonyl (C=O) groups is 3. The Balaban J connectivity index is 1.55. The molecule has 3 rings (SSSR count). The van der Waals surface area contributed by atoms with Gasteiger partial charge < -0.3 is 10.1 Å². The van der Waals surface area contributed by atoms with Gasteiger partial charge in [0, 0.05) is 18.9 Å². The van der Waals surface area contributed by atoms with Crippen molar-refractivity contribution in [2.24, 2.45) is 11.0 Å². The molecule has 1 aromatic carbocycles. The summed E-state index contributed by atoms with van der Waals surface area (Å²) in [5.41, 5.74) is 0.744. The Bertz CT molecular complexity index is 732. The third kappa shape index (κ3) is 4.93. The molecule has 0 radical (unpaired) electrons. The van der Waals surface area contributed by atoms with Crippen molar-refractivity contribution in [1.82, 2.24) is 5.32 Å². The van der Waals surface area contributed by atoms with E-state index in [1.807, 2.05) is 6.07 Å². The van der Waals surface area contributed by atoms with Crippen LogP contribution in [0.15, 0.2) is 35.4 Å². The van der Waals surface area contributed by atoms with Gasteiger partial charge in [0.05, 0.1) is 5.69 Å². The number of ether oxygens (including phenoxy) is 1. The van der Waals surface area contributed by atoms with Crippen LogP contribution in [0, 0.1) is 5.92 Å². The SMILES string of the molecule is CC1CCCCC1NC(=O)COC(=O)C1=NN(c2ccccc2)C(=O)CC1. The second-order valence-corrected chi connectivity index (χ2v) is 7.10. The molecule has 1 N–H and O–H groups in total. The molecule has 0 spiro atoms. The van der Waals surface area contributed by atoms with Gasteiger partial charge in [0.25, 0.3) is 5.91 Å². The van der Waals surface area contributed by atoms with Crippen molar-refractivity contribution in [3.63, 3.8) is 0 Å². The average molecular weight is 371 g/mol. The summed E-state index contributed by atoms with van der Waals surface area (Å²) < 4.78 is 5.12. The first kappa shape index (κ1) is 19.1. The van der Waals surface area contributed by atoms with E-state index in [2.05, 4.69) is 17.3 Å². The molecule has 1 aliphatic carbocycles. The van der Waals surface area contributed by atoms with Crippen molar-refractivity contribution in [3.05, 3.63) is 30.3 Å². The Morgan fingerprint density at radius 3 is 2.67 bits per heavy atom. The van der Waals surface area contributed by atoms with Crippen molar-refractivity contribution in [1.29, 1.82) is 0 Å². The van der Waals surface area contributed by atoms with E-state index in [4.69, 9.17) is 4.74 Å². The monoisotopic (exact) mass is 371 g/mol. The molecular formula is C20H25N3O4. The topological polar surface area (TPSA) is 88.1 Å². The minimum absolute atomic E-state index is 0.142. The number of hydrazone groups is 1. The highest BCUT2D eigenvalue weighted by molar-refractivity contribution is 6.38. The number of amides is 2. The molecule has 0 saturated heterocycles. The van der Waals surface area contributed by atoms with Crippen LogP contribution >= 0.6 is 0 Å². The third-order valence-electron chi connectivity index (χ3n) is 5.06. The number of para-hydroxylation sites is 1. The molecule has 144 valence electrons. The average Bonchev–Trinajstić information content (AvgIpc) is 2.69. The van der Waals surface area contributed by atoms with Crippen LogP contribution in [0.3, 0.4) is 0 Å². The summed E-state index contributed by atoms with van der Waals surface area (Å²) in [5.74, 6) is -0.696. The van der Waals surface area contributed by atoms with Gasteiger partial charge in [0.1, 0.15) is 5.71 Å². The molecule has 2 aliphatic rings. The standard InChI is InChI=1S/C20H25N3O4/c1-14-7-5-6-10-16(14)21-18(24)13-27-20(26)17-11-12-19(25)23(22-17)15-8-3-2-4-9-15/h2-4,8-9,14,16H,5-7,10-13H2,1H3,(H,21,24). The summed E-state index contributed by atoms with van der Waals surface area (Å²) >= 11 is 0. The van der Waals surface area contributed by atoms with Gasteiger partial charge in [-0.15, -0.1) is 0 Å². The Kier molecular flexibility index (Phi) is 6.21. The van der Waals surface area contributed by atoms with Crippen LogP contribution in [0.2, 0.25) is 0 Å². The van der Waals surface area contributed by atoms with Crippen molar-refractivity contribution >= 4 is 29.2 Å². The fourth-order valence-electron chi connectivity index (χ4n) is 3.47. The Hall–Kier alpha value is -2.70. The number of nitrogens with one attached hydrogen (secondary N) is 1.